The third kappa shape index (κ3) is 5.73. The first kappa shape index (κ1) is 22.7. The van der Waals surface area contributed by atoms with E-state index in [1.54, 1.807) is 19.1 Å². The van der Waals surface area contributed by atoms with E-state index in [1.165, 1.54) is 4.31 Å². The van der Waals surface area contributed by atoms with Crippen LogP contribution in [0.1, 0.15) is 43.5 Å². The van der Waals surface area contributed by atoms with E-state index in [0.29, 0.717) is 12.3 Å². The van der Waals surface area contributed by atoms with E-state index in [9.17, 15) is 13.2 Å². The molecule has 0 aromatic heterocycles. The topological polar surface area (TPSA) is 75.7 Å². The minimum atomic E-state index is -3.65. The summed E-state index contributed by atoms with van der Waals surface area (Å²) in [6, 6.07) is 11.7. The maximum Gasteiger partial charge on any atom is 0.244 e. The molecule has 1 amide bonds. The Kier molecular flexibility index (Phi) is 7.30. The summed E-state index contributed by atoms with van der Waals surface area (Å²) in [5.74, 6) is 0.399. The first-order valence-corrected chi connectivity index (χ1v) is 11.5. The molecule has 29 heavy (non-hydrogen) atoms. The molecule has 0 radical (unpaired) electrons. The van der Waals surface area contributed by atoms with Crippen molar-refractivity contribution in [2.75, 3.05) is 17.2 Å². The van der Waals surface area contributed by atoms with Gasteiger partial charge in [0.25, 0.3) is 0 Å². The molecule has 0 aliphatic rings. The molecule has 7 heteroatoms. The van der Waals surface area contributed by atoms with Crippen molar-refractivity contribution in [3.63, 3.8) is 0 Å². The maximum absolute atomic E-state index is 12.9. The van der Waals surface area contributed by atoms with Gasteiger partial charge in [0, 0.05) is 0 Å². The van der Waals surface area contributed by atoms with Crippen LogP contribution in [0.5, 0.6) is 5.75 Å². The lowest BCUT2D eigenvalue weighted by Crippen LogP contribution is -2.48. The third-order valence-electron chi connectivity index (χ3n) is 4.88. The normalized spacial score (nSPS) is 13.4. The fourth-order valence-electron chi connectivity index (χ4n) is 3.11. The first-order valence-electron chi connectivity index (χ1n) is 9.64. The zero-order chi connectivity index (χ0) is 21.8. The average molecular weight is 419 g/mol. The van der Waals surface area contributed by atoms with Gasteiger partial charge < -0.3 is 10.1 Å². The molecule has 0 aliphatic carbocycles. The zero-order valence-electron chi connectivity index (χ0n) is 17.9. The molecule has 2 atom stereocenters. The number of carbonyl (C=O) groups is 1. The van der Waals surface area contributed by atoms with Gasteiger partial charge in [-0.25, -0.2) is 8.42 Å². The Balaban J connectivity index is 2.21. The number of anilines is 1. The number of hydrogen-bond acceptors (Lipinski definition) is 4. The molecule has 0 bridgehead atoms. The Bertz CT molecular complexity index is 955. The average Bonchev–Trinajstić information content (AvgIpc) is 2.64. The van der Waals surface area contributed by atoms with Crippen molar-refractivity contribution < 1.29 is 17.9 Å². The predicted octanol–water partition coefficient (Wildman–Crippen LogP) is 3.73. The molecular weight excluding hydrogens is 388 g/mol. The van der Waals surface area contributed by atoms with E-state index in [2.05, 4.69) is 5.32 Å². The molecule has 2 rings (SSSR count). The molecule has 2 aromatic rings. The highest BCUT2D eigenvalue weighted by atomic mass is 32.2. The van der Waals surface area contributed by atoms with Crippen LogP contribution in [-0.4, -0.2) is 33.2 Å². The number of hydrogen-bond donors (Lipinski definition) is 1. The minimum absolute atomic E-state index is 0.276. The van der Waals surface area contributed by atoms with E-state index < -0.39 is 16.1 Å². The van der Waals surface area contributed by atoms with Crippen LogP contribution in [0.2, 0.25) is 0 Å². The van der Waals surface area contributed by atoms with Crippen molar-refractivity contribution in [3.05, 3.63) is 59.2 Å². The van der Waals surface area contributed by atoms with Gasteiger partial charge in [-0.1, -0.05) is 18.2 Å². The molecular formula is C22H30N2O4S. The lowest BCUT2D eigenvalue weighted by atomic mass is 10.1. The summed E-state index contributed by atoms with van der Waals surface area (Å²) in [6.07, 6.45) is 1.11. The van der Waals surface area contributed by atoms with Crippen LogP contribution in [0.15, 0.2) is 42.5 Å². The SMILES string of the molecule is CCOc1ccc([C@H](C)NC(=O)[C@H](C)N(c2ccc(C)c(C)c2)S(C)(=O)=O)cc1. The summed E-state index contributed by atoms with van der Waals surface area (Å²) in [5, 5.41) is 2.91. The van der Waals surface area contributed by atoms with Gasteiger partial charge in [-0.15, -0.1) is 0 Å². The zero-order valence-corrected chi connectivity index (χ0v) is 18.7. The fraction of sp³-hybridized carbons (Fsp3) is 0.409. The second-order valence-corrected chi connectivity index (χ2v) is 9.10. The molecule has 1 N–H and O–H groups in total. The smallest absolute Gasteiger partial charge is 0.244 e. The second kappa shape index (κ2) is 9.31. The predicted molar refractivity (Wildman–Crippen MR) is 117 cm³/mol. The Hall–Kier alpha value is -2.54. The van der Waals surface area contributed by atoms with Crippen molar-refractivity contribution >= 4 is 21.6 Å². The Morgan fingerprint density at radius 3 is 2.21 bits per heavy atom. The Morgan fingerprint density at radius 1 is 1.07 bits per heavy atom. The Morgan fingerprint density at radius 2 is 1.69 bits per heavy atom. The summed E-state index contributed by atoms with van der Waals surface area (Å²) < 4.78 is 31.5. The summed E-state index contributed by atoms with van der Waals surface area (Å²) >= 11 is 0. The van der Waals surface area contributed by atoms with Gasteiger partial charge in [0.05, 0.1) is 24.6 Å². The van der Waals surface area contributed by atoms with E-state index in [-0.39, 0.29) is 11.9 Å². The summed E-state index contributed by atoms with van der Waals surface area (Å²) in [4.78, 5) is 12.9. The molecule has 0 fully saturated rings. The molecule has 158 valence electrons. The van der Waals surface area contributed by atoms with E-state index in [0.717, 1.165) is 28.7 Å². The molecule has 0 unspecified atom stereocenters. The van der Waals surface area contributed by atoms with Gasteiger partial charge in [0.2, 0.25) is 15.9 Å². The lowest BCUT2D eigenvalue weighted by molar-refractivity contribution is -0.122. The van der Waals surface area contributed by atoms with E-state index in [4.69, 9.17) is 4.74 Å². The fourth-order valence-corrected chi connectivity index (χ4v) is 4.27. The first-order chi connectivity index (χ1) is 13.5. The molecule has 0 saturated carbocycles. The molecule has 0 saturated heterocycles. The standard InChI is InChI=1S/C22H30N2O4S/c1-7-28-21-12-9-19(10-13-21)17(4)23-22(25)18(5)24(29(6,26)27)20-11-8-15(2)16(3)14-20/h8-14,17-18H,7H2,1-6H3,(H,23,25)/t17-,18-/m0/s1. The molecule has 0 aliphatic heterocycles. The molecule has 6 nitrogen and oxygen atoms in total. The number of carbonyl (C=O) groups excluding carboxylic acids is 1. The summed E-state index contributed by atoms with van der Waals surface area (Å²) in [5.41, 5.74) is 3.41. The quantitative estimate of drug-likeness (QED) is 0.709. The van der Waals surface area contributed by atoms with Crippen LogP contribution < -0.4 is 14.4 Å². The van der Waals surface area contributed by atoms with Crippen LogP contribution in [0.4, 0.5) is 5.69 Å². The number of nitrogens with one attached hydrogen (secondary N) is 1. The minimum Gasteiger partial charge on any atom is -0.494 e. The summed E-state index contributed by atoms with van der Waals surface area (Å²) in [6.45, 7) is 9.83. The van der Waals surface area contributed by atoms with Crippen molar-refractivity contribution in [2.45, 2.75) is 46.7 Å². The third-order valence-corrected chi connectivity index (χ3v) is 6.12. The number of amides is 1. The van der Waals surface area contributed by atoms with Gasteiger partial charge >= 0.3 is 0 Å². The number of rotatable bonds is 8. The number of aryl methyl sites for hydroxylation is 2. The van der Waals surface area contributed by atoms with Gasteiger partial charge in [-0.2, -0.15) is 0 Å². The highest BCUT2D eigenvalue weighted by molar-refractivity contribution is 7.92. The van der Waals surface area contributed by atoms with Crippen LogP contribution in [0, 0.1) is 13.8 Å². The monoisotopic (exact) mass is 418 g/mol. The van der Waals surface area contributed by atoms with Crippen molar-refractivity contribution in [3.8, 4) is 5.75 Å². The van der Waals surface area contributed by atoms with Gasteiger partial charge in [-0.05, 0) is 75.6 Å². The number of benzene rings is 2. The van der Waals surface area contributed by atoms with Gasteiger partial charge in [0.15, 0.2) is 0 Å². The van der Waals surface area contributed by atoms with Crippen LogP contribution in [0.3, 0.4) is 0 Å². The van der Waals surface area contributed by atoms with Crippen LogP contribution >= 0.6 is 0 Å². The number of sulfonamides is 1. The van der Waals surface area contributed by atoms with Crippen molar-refractivity contribution in [2.24, 2.45) is 0 Å². The molecule has 0 spiro atoms. The van der Waals surface area contributed by atoms with Crippen LogP contribution in [0.25, 0.3) is 0 Å². The molecule has 0 heterocycles. The van der Waals surface area contributed by atoms with Gasteiger partial charge in [0.1, 0.15) is 11.8 Å². The highest BCUT2D eigenvalue weighted by Gasteiger charge is 2.30. The maximum atomic E-state index is 12.9. The summed E-state index contributed by atoms with van der Waals surface area (Å²) in [7, 11) is -3.65. The largest absolute Gasteiger partial charge is 0.494 e. The Labute approximate surface area is 173 Å². The highest BCUT2D eigenvalue weighted by Crippen LogP contribution is 2.24. The van der Waals surface area contributed by atoms with E-state index in [1.807, 2.05) is 58.0 Å². The van der Waals surface area contributed by atoms with E-state index >= 15 is 0 Å². The van der Waals surface area contributed by atoms with Gasteiger partial charge in [-0.3, -0.25) is 9.10 Å². The van der Waals surface area contributed by atoms with Crippen molar-refractivity contribution in [1.82, 2.24) is 5.32 Å². The number of ether oxygens (including phenoxy) is 1. The van der Waals surface area contributed by atoms with Crippen LogP contribution in [-0.2, 0) is 14.8 Å². The molecule has 2 aromatic carbocycles. The second-order valence-electron chi connectivity index (χ2n) is 7.24. The van der Waals surface area contributed by atoms with Crippen molar-refractivity contribution in [1.29, 1.82) is 0 Å². The lowest BCUT2D eigenvalue weighted by Gasteiger charge is -2.29. The number of nitrogens with zero attached hydrogens (tertiary/aromatic N) is 1.